The van der Waals surface area contributed by atoms with Gasteiger partial charge in [-0.3, -0.25) is 0 Å². The number of hydrogen-bond donors (Lipinski definition) is 3. The predicted octanol–water partition coefficient (Wildman–Crippen LogP) is 1.38. The lowest BCUT2D eigenvalue weighted by Gasteiger charge is -2.22. The van der Waals surface area contributed by atoms with Gasteiger partial charge in [0, 0.05) is 6.61 Å². The molecule has 1 atom stereocenters. The number of ether oxygens (including phenoxy) is 1. The van der Waals surface area contributed by atoms with Crippen molar-refractivity contribution in [3.05, 3.63) is 0 Å². The van der Waals surface area contributed by atoms with E-state index in [1.165, 1.54) is 32.6 Å². The molecular formula is C11H24O4. The lowest BCUT2D eigenvalue weighted by molar-refractivity contribution is -0.357. The van der Waals surface area contributed by atoms with Crippen LogP contribution in [0.2, 0.25) is 0 Å². The summed E-state index contributed by atoms with van der Waals surface area (Å²) in [7, 11) is 0. The van der Waals surface area contributed by atoms with E-state index in [9.17, 15) is 0 Å². The van der Waals surface area contributed by atoms with Crippen molar-refractivity contribution in [1.82, 2.24) is 0 Å². The molecule has 0 heterocycles. The summed E-state index contributed by atoms with van der Waals surface area (Å²) in [5, 5.41) is 26.2. The smallest absolute Gasteiger partial charge is 0.302 e. The first kappa shape index (κ1) is 14.8. The van der Waals surface area contributed by atoms with Gasteiger partial charge in [0.25, 0.3) is 0 Å². The van der Waals surface area contributed by atoms with Crippen molar-refractivity contribution < 1.29 is 20.1 Å². The third kappa shape index (κ3) is 8.81. The Bertz CT molecular complexity index is 142. The first-order valence-electron chi connectivity index (χ1n) is 5.77. The molecule has 0 saturated heterocycles. The van der Waals surface area contributed by atoms with E-state index in [4.69, 9.17) is 20.1 Å². The van der Waals surface area contributed by atoms with Crippen LogP contribution in [0, 0.1) is 0 Å². The molecule has 3 N–H and O–H groups in total. The third-order valence-electron chi connectivity index (χ3n) is 2.41. The molecule has 0 spiro atoms. The molecule has 4 nitrogen and oxygen atoms in total. The van der Waals surface area contributed by atoms with Crippen LogP contribution in [0.25, 0.3) is 0 Å². The maximum Gasteiger partial charge on any atom is 0.302 e. The molecule has 0 amide bonds. The van der Waals surface area contributed by atoms with Crippen molar-refractivity contribution in [3.63, 3.8) is 0 Å². The van der Waals surface area contributed by atoms with Crippen molar-refractivity contribution in [2.24, 2.45) is 0 Å². The van der Waals surface area contributed by atoms with Crippen LogP contribution in [0.15, 0.2) is 0 Å². The normalized spacial score (nSPS) is 14.2. The van der Waals surface area contributed by atoms with Crippen LogP contribution in [0.4, 0.5) is 0 Å². The highest BCUT2D eigenvalue weighted by atomic mass is 16.7. The van der Waals surface area contributed by atoms with Crippen LogP contribution in [0.1, 0.15) is 52.4 Å². The lowest BCUT2D eigenvalue weighted by Crippen LogP contribution is -2.41. The average molecular weight is 220 g/mol. The van der Waals surface area contributed by atoms with Gasteiger partial charge < -0.3 is 20.1 Å². The Balaban J connectivity index is 3.24. The molecule has 0 aromatic heterocycles. The molecule has 0 aromatic rings. The SMILES string of the molecule is CCCCCCCCOC(C)C(O)(O)O. The third-order valence-corrected chi connectivity index (χ3v) is 2.41. The van der Waals surface area contributed by atoms with Crippen LogP contribution >= 0.6 is 0 Å². The van der Waals surface area contributed by atoms with E-state index < -0.39 is 12.1 Å². The largest absolute Gasteiger partial charge is 0.370 e. The monoisotopic (exact) mass is 220 g/mol. The molecule has 15 heavy (non-hydrogen) atoms. The molecule has 0 aromatic carbocycles. The van der Waals surface area contributed by atoms with Gasteiger partial charge in [0.15, 0.2) is 0 Å². The number of aliphatic hydroxyl groups is 3. The van der Waals surface area contributed by atoms with Gasteiger partial charge in [0.2, 0.25) is 0 Å². The predicted molar refractivity (Wildman–Crippen MR) is 58.2 cm³/mol. The Morgan fingerprint density at radius 2 is 1.53 bits per heavy atom. The van der Waals surface area contributed by atoms with Crippen molar-refractivity contribution in [2.45, 2.75) is 64.4 Å². The summed E-state index contributed by atoms with van der Waals surface area (Å²) in [6, 6.07) is 0. The van der Waals surface area contributed by atoms with Crippen LogP contribution in [-0.2, 0) is 4.74 Å². The van der Waals surface area contributed by atoms with E-state index in [0.717, 1.165) is 12.8 Å². The van der Waals surface area contributed by atoms with Crippen molar-refractivity contribution in [1.29, 1.82) is 0 Å². The van der Waals surface area contributed by atoms with Gasteiger partial charge in [-0.1, -0.05) is 39.0 Å². The molecule has 0 radical (unpaired) electrons. The van der Waals surface area contributed by atoms with Gasteiger partial charge in [-0.05, 0) is 13.3 Å². The molecular weight excluding hydrogens is 196 g/mol. The van der Waals surface area contributed by atoms with Crippen LogP contribution < -0.4 is 0 Å². The second kappa shape index (κ2) is 8.05. The van der Waals surface area contributed by atoms with Gasteiger partial charge in [-0.15, -0.1) is 0 Å². The Morgan fingerprint density at radius 3 is 2.07 bits per heavy atom. The van der Waals surface area contributed by atoms with Crippen LogP contribution in [0.5, 0.6) is 0 Å². The zero-order valence-corrected chi connectivity index (χ0v) is 9.78. The summed E-state index contributed by atoms with van der Waals surface area (Å²) in [6.45, 7) is 4.06. The second-order valence-electron chi connectivity index (χ2n) is 3.97. The van der Waals surface area contributed by atoms with Crippen LogP contribution in [0.3, 0.4) is 0 Å². The highest BCUT2D eigenvalue weighted by Crippen LogP contribution is 2.09. The zero-order valence-electron chi connectivity index (χ0n) is 9.78. The van der Waals surface area contributed by atoms with Gasteiger partial charge >= 0.3 is 5.97 Å². The van der Waals surface area contributed by atoms with E-state index >= 15 is 0 Å². The minimum absolute atomic E-state index is 0.455. The summed E-state index contributed by atoms with van der Waals surface area (Å²) < 4.78 is 5.06. The number of unbranched alkanes of at least 4 members (excludes halogenated alkanes) is 5. The summed E-state index contributed by atoms with van der Waals surface area (Å²) >= 11 is 0. The highest BCUT2D eigenvalue weighted by Gasteiger charge is 2.28. The zero-order chi connectivity index (χ0) is 11.7. The van der Waals surface area contributed by atoms with E-state index in [0.29, 0.717) is 6.61 Å². The lowest BCUT2D eigenvalue weighted by atomic mass is 10.1. The van der Waals surface area contributed by atoms with Gasteiger partial charge in [-0.25, -0.2) is 0 Å². The topological polar surface area (TPSA) is 69.9 Å². The molecule has 0 saturated carbocycles. The first-order valence-corrected chi connectivity index (χ1v) is 5.77. The molecule has 0 aliphatic heterocycles. The molecule has 92 valence electrons. The summed E-state index contributed by atoms with van der Waals surface area (Å²) in [4.78, 5) is 0. The molecule has 0 rings (SSSR count). The van der Waals surface area contributed by atoms with Gasteiger partial charge in [0.05, 0.1) is 0 Å². The molecule has 0 fully saturated rings. The minimum Gasteiger partial charge on any atom is -0.370 e. The van der Waals surface area contributed by atoms with E-state index in [-0.39, 0.29) is 0 Å². The van der Waals surface area contributed by atoms with Crippen molar-refractivity contribution in [2.75, 3.05) is 6.61 Å². The van der Waals surface area contributed by atoms with E-state index in [1.807, 2.05) is 0 Å². The fraction of sp³-hybridized carbons (Fsp3) is 1.00. The Hall–Kier alpha value is -0.160. The quantitative estimate of drug-likeness (QED) is 0.405. The Kier molecular flexibility index (Phi) is 7.96. The number of rotatable bonds is 9. The summed E-state index contributed by atoms with van der Waals surface area (Å²) in [5.74, 6) is -2.72. The molecule has 1 unspecified atom stereocenters. The highest BCUT2D eigenvalue weighted by molar-refractivity contribution is 4.58. The second-order valence-corrected chi connectivity index (χ2v) is 3.97. The Labute approximate surface area is 91.9 Å². The van der Waals surface area contributed by atoms with Gasteiger partial charge in [-0.2, -0.15) is 0 Å². The number of hydrogen-bond acceptors (Lipinski definition) is 4. The molecule has 0 aliphatic carbocycles. The fourth-order valence-corrected chi connectivity index (χ4v) is 1.25. The fourth-order valence-electron chi connectivity index (χ4n) is 1.25. The van der Waals surface area contributed by atoms with E-state index in [1.54, 1.807) is 0 Å². The summed E-state index contributed by atoms with van der Waals surface area (Å²) in [6.07, 6.45) is 5.95. The standard InChI is InChI=1S/C11H24O4/c1-3-4-5-6-7-8-9-15-10(2)11(12,13)14/h10,12-14H,3-9H2,1-2H3. The van der Waals surface area contributed by atoms with Gasteiger partial charge in [0.1, 0.15) is 6.10 Å². The molecule has 0 aliphatic rings. The minimum atomic E-state index is -2.72. The maximum atomic E-state index is 8.74. The maximum absolute atomic E-state index is 8.74. The average Bonchev–Trinajstić information content (AvgIpc) is 2.14. The molecule has 4 heteroatoms. The first-order chi connectivity index (χ1) is 6.98. The van der Waals surface area contributed by atoms with Crippen LogP contribution in [-0.4, -0.2) is 34.0 Å². The van der Waals surface area contributed by atoms with Crippen molar-refractivity contribution in [3.8, 4) is 0 Å². The van der Waals surface area contributed by atoms with E-state index in [2.05, 4.69) is 6.92 Å². The molecule has 0 bridgehead atoms. The Morgan fingerprint density at radius 1 is 1.00 bits per heavy atom. The van der Waals surface area contributed by atoms with Crippen molar-refractivity contribution >= 4 is 0 Å². The summed E-state index contributed by atoms with van der Waals surface area (Å²) in [5.41, 5.74) is 0.